The maximum atomic E-state index is 5.59. The number of methoxy groups -OCH3 is 3. The highest BCUT2D eigenvalue weighted by Gasteiger charge is 2.21. The van der Waals surface area contributed by atoms with Crippen LogP contribution in [0.5, 0.6) is 17.2 Å². The third-order valence-electron chi connectivity index (χ3n) is 5.61. The van der Waals surface area contributed by atoms with Gasteiger partial charge in [-0.2, -0.15) is 0 Å². The van der Waals surface area contributed by atoms with E-state index in [0.29, 0.717) is 17.2 Å². The molecule has 1 aliphatic rings. The lowest BCUT2D eigenvalue weighted by molar-refractivity contribution is 0.324. The van der Waals surface area contributed by atoms with Gasteiger partial charge in [-0.3, -0.25) is 0 Å². The maximum Gasteiger partial charge on any atom is 0.203 e. The molecule has 0 spiro atoms. The lowest BCUT2D eigenvalue weighted by atomic mass is 10.1. The molecular formula is C23H34N2O3. The molecule has 0 fully saturated rings. The first-order valence-corrected chi connectivity index (χ1v) is 10.3. The van der Waals surface area contributed by atoms with Crippen molar-refractivity contribution in [1.82, 2.24) is 9.47 Å². The predicted octanol–water partition coefficient (Wildman–Crippen LogP) is 4.40. The standard InChI is InChI=1S/C23H34N2O3/c1-24(2)12-9-13-25-19-11-8-6-7-10-17(19)14-20(25)18-15-21(26-3)23(28-5)22(16-18)27-4/h14-16H,6-13H2,1-5H3. The summed E-state index contributed by atoms with van der Waals surface area (Å²) in [4.78, 5) is 2.25. The first kappa shape index (κ1) is 20.6. The largest absolute Gasteiger partial charge is 0.493 e. The molecule has 1 aromatic heterocycles. The van der Waals surface area contributed by atoms with Gasteiger partial charge in [-0.1, -0.05) is 6.42 Å². The van der Waals surface area contributed by atoms with Crippen molar-refractivity contribution in [3.63, 3.8) is 0 Å². The van der Waals surface area contributed by atoms with Gasteiger partial charge in [-0.05, 0) is 76.5 Å². The highest BCUT2D eigenvalue weighted by molar-refractivity contribution is 5.70. The molecule has 0 atom stereocenters. The average molecular weight is 387 g/mol. The Bertz CT molecular complexity index is 770. The van der Waals surface area contributed by atoms with Gasteiger partial charge in [0.1, 0.15) is 0 Å². The van der Waals surface area contributed by atoms with Crippen LogP contribution in [-0.2, 0) is 19.4 Å². The Morgan fingerprint density at radius 1 is 0.893 bits per heavy atom. The molecule has 0 amide bonds. The second kappa shape index (κ2) is 9.37. The van der Waals surface area contributed by atoms with Gasteiger partial charge in [-0.15, -0.1) is 0 Å². The van der Waals surface area contributed by atoms with Gasteiger partial charge < -0.3 is 23.7 Å². The molecule has 2 aromatic rings. The Labute approximate surface area is 169 Å². The molecule has 1 heterocycles. The van der Waals surface area contributed by atoms with E-state index in [-0.39, 0.29) is 0 Å². The molecule has 28 heavy (non-hydrogen) atoms. The molecule has 0 radical (unpaired) electrons. The van der Waals surface area contributed by atoms with E-state index >= 15 is 0 Å². The second-order valence-electron chi connectivity index (χ2n) is 7.78. The number of nitrogens with zero attached hydrogens (tertiary/aromatic N) is 2. The van der Waals surface area contributed by atoms with E-state index in [1.54, 1.807) is 21.3 Å². The monoisotopic (exact) mass is 386 g/mol. The molecule has 0 saturated carbocycles. The summed E-state index contributed by atoms with van der Waals surface area (Å²) in [5.41, 5.74) is 5.39. The smallest absolute Gasteiger partial charge is 0.203 e. The van der Waals surface area contributed by atoms with Crippen LogP contribution in [0.25, 0.3) is 11.3 Å². The topological polar surface area (TPSA) is 35.9 Å². The van der Waals surface area contributed by atoms with Crippen LogP contribution in [0.2, 0.25) is 0 Å². The van der Waals surface area contributed by atoms with Crippen molar-refractivity contribution in [2.24, 2.45) is 0 Å². The maximum absolute atomic E-state index is 5.59. The minimum Gasteiger partial charge on any atom is -0.493 e. The van der Waals surface area contributed by atoms with Crippen molar-refractivity contribution in [3.8, 4) is 28.5 Å². The third-order valence-corrected chi connectivity index (χ3v) is 5.61. The minimum absolute atomic E-state index is 0.640. The fourth-order valence-electron chi connectivity index (χ4n) is 4.21. The van der Waals surface area contributed by atoms with Crippen LogP contribution in [-0.4, -0.2) is 51.4 Å². The van der Waals surface area contributed by atoms with Crippen molar-refractivity contribution in [1.29, 1.82) is 0 Å². The van der Waals surface area contributed by atoms with Gasteiger partial charge in [-0.25, -0.2) is 0 Å². The molecule has 0 unspecified atom stereocenters. The van der Waals surface area contributed by atoms with Gasteiger partial charge >= 0.3 is 0 Å². The summed E-state index contributed by atoms with van der Waals surface area (Å²) in [5.74, 6) is 2.04. The predicted molar refractivity (Wildman–Crippen MR) is 114 cm³/mol. The molecular weight excluding hydrogens is 352 g/mol. The van der Waals surface area contributed by atoms with Crippen LogP contribution >= 0.6 is 0 Å². The van der Waals surface area contributed by atoms with Crippen LogP contribution < -0.4 is 14.2 Å². The fraction of sp³-hybridized carbons (Fsp3) is 0.565. The van der Waals surface area contributed by atoms with Crippen LogP contribution in [0.3, 0.4) is 0 Å². The van der Waals surface area contributed by atoms with E-state index in [4.69, 9.17) is 14.2 Å². The Morgan fingerprint density at radius 2 is 1.57 bits per heavy atom. The Kier molecular flexibility index (Phi) is 6.89. The van der Waals surface area contributed by atoms with Gasteiger partial charge in [0.25, 0.3) is 0 Å². The van der Waals surface area contributed by atoms with E-state index in [1.165, 1.54) is 49.1 Å². The van der Waals surface area contributed by atoms with Crippen LogP contribution in [0, 0.1) is 0 Å². The van der Waals surface area contributed by atoms with Crippen molar-refractivity contribution in [2.45, 2.75) is 45.1 Å². The molecule has 1 aromatic carbocycles. The average Bonchev–Trinajstić information content (AvgIpc) is 2.87. The summed E-state index contributed by atoms with van der Waals surface area (Å²) >= 11 is 0. The quantitative estimate of drug-likeness (QED) is 0.630. The molecule has 0 aliphatic heterocycles. The summed E-state index contributed by atoms with van der Waals surface area (Å²) in [6.07, 6.45) is 7.36. The normalized spacial score (nSPS) is 13.9. The lowest BCUT2D eigenvalue weighted by Gasteiger charge is -2.18. The van der Waals surface area contributed by atoms with E-state index < -0.39 is 0 Å². The number of fused-ring (bicyclic) bond motifs is 1. The lowest BCUT2D eigenvalue weighted by Crippen LogP contribution is -2.16. The van der Waals surface area contributed by atoms with E-state index in [2.05, 4.69) is 41.8 Å². The second-order valence-corrected chi connectivity index (χ2v) is 7.78. The zero-order chi connectivity index (χ0) is 20.1. The van der Waals surface area contributed by atoms with Crippen molar-refractivity contribution < 1.29 is 14.2 Å². The number of hydrogen-bond donors (Lipinski definition) is 0. The Hall–Kier alpha value is -2.14. The fourth-order valence-corrected chi connectivity index (χ4v) is 4.21. The van der Waals surface area contributed by atoms with Crippen LogP contribution in [0.1, 0.15) is 36.9 Å². The number of benzene rings is 1. The third kappa shape index (κ3) is 4.30. The Balaban J connectivity index is 2.07. The van der Waals surface area contributed by atoms with Crippen molar-refractivity contribution in [3.05, 3.63) is 29.5 Å². The van der Waals surface area contributed by atoms with Crippen molar-refractivity contribution in [2.75, 3.05) is 42.0 Å². The molecule has 0 N–H and O–H groups in total. The first-order chi connectivity index (χ1) is 13.6. The van der Waals surface area contributed by atoms with Gasteiger partial charge in [0.15, 0.2) is 11.5 Å². The van der Waals surface area contributed by atoms with E-state index in [0.717, 1.165) is 25.1 Å². The number of aryl methyl sites for hydroxylation is 1. The highest BCUT2D eigenvalue weighted by Crippen LogP contribution is 2.42. The first-order valence-electron chi connectivity index (χ1n) is 10.3. The molecule has 5 heteroatoms. The summed E-state index contributed by atoms with van der Waals surface area (Å²) < 4.78 is 19.2. The zero-order valence-corrected chi connectivity index (χ0v) is 18.0. The summed E-state index contributed by atoms with van der Waals surface area (Å²) in [7, 11) is 9.26. The highest BCUT2D eigenvalue weighted by atomic mass is 16.5. The van der Waals surface area contributed by atoms with Crippen LogP contribution in [0.15, 0.2) is 18.2 Å². The van der Waals surface area contributed by atoms with Crippen LogP contribution in [0.4, 0.5) is 0 Å². The van der Waals surface area contributed by atoms with E-state index in [9.17, 15) is 0 Å². The molecule has 1 aliphatic carbocycles. The number of ether oxygens (including phenoxy) is 3. The Morgan fingerprint density at radius 3 is 2.18 bits per heavy atom. The molecule has 154 valence electrons. The molecule has 0 saturated heterocycles. The molecule has 5 nitrogen and oxygen atoms in total. The number of rotatable bonds is 8. The number of hydrogen-bond acceptors (Lipinski definition) is 4. The summed E-state index contributed by atoms with van der Waals surface area (Å²) in [6, 6.07) is 6.52. The summed E-state index contributed by atoms with van der Waals surface area (Å²) in [6.45, 7) is 2.11. The minimum atomic E-state index is 0.640. The van der Waals surface area contributed by atoms with E-state index in [1.807, 2.05) is 0 Å². The molecule has 0 bridgehead atoms. The van der Waals surface area contributed by atoms with Gasteiger partial charge in [0.2, 0.25) is 5.75 Å². The number of aromatic nitrogens is 1. The van der Waals surface area contributed by atoms with Crippen molar-refractivity contribution >= 4 is 0 Å². The molecule has 3 rings (SSSR count). The zero-order valence-electron chi connectivity index (χ0n) is 18.0. The van der Waals surface area contributed by atoms with Gasteiger partial charge in [0.05, 0.1) is 21.3 Å². The SMILES string of the molecule is COc1cc(-c2cc3c(n2CCCN(C)C)CCCCC3)cc(OC)c1OC. The summed E-state index contributed by atoms with van der Waals surface area (Å²) in [5, 5.41) is 0. The van der Waals surface area contributed by atoms with Gasteiger partial charge in [0, 0.05) is 23.5 Å².